The van der Waals surface area contributed by atoms with Crippen molar-refractivity contribution < 1.29 is 22.8 Å². The van der Waals surface area contributed by atoms with Gasteiger partial charge in [-0.25, -0.2) is 8.78 Å². The number of carbonyl (C=O) groups excluding carboxylic acids is 2. The van der Waals surface area contributed by atoms with Gasteiger partial charge in [-0.2, -0.15) is 0 Å². The molecular formula is C35H34F2N4O3. The summed E-state index contributed by atoms with van der Waals surface area (Å²) in [7, 11) is 0. The number of nitrogens with zero attached hydrogens (tertiary/aromatic N) is 4. The molecule has 0 bridgehead atoms. The molecule has 6 rings (SSSR count). The Morgan fingerprint density at radius 2 is 1.59 bits per heavy atom. The number of hydrogen-bond acceptors (Lipinski definition) is 4. The first kappa shape index (κ1) is 29.3. The highest BCUT2D eigenvalue weighted by Gasteiger charge is 2.26. The summed E-state index contributed by atoms with van der Waals surface area (Å²) in [4.78, 5) is 32.0. The Labute approximate surface area is 254 Å². The predicted molar refractivity (Wildman–Crippen MR) is 165 cm³/mol. The third-order valence-electron chi connectivity index (χ3n) is 8.11. The Balaban J connectivity index is 1.30. The standard InChI is InChI=1S/C35H34F2N4O3/c1-25(42)41-16-7-15-38(22-26-8-3-2-4-9-26)18-19-40(23-28-20-30(36)31(37)21-33(28)41)35(43)34-13-12-29(44-34)24-39-17-14-27-10-5-6-11-32(27)39/h2-6,8-14,17,20-21H,7,15-16,18-19,22-24H2,1H3. The number of para-hydroxylation sites is 1. The largest absolute Gasteiger partial charge is 0.454 e. The van der Waals surface area contributed by atoms with Crippen LogP contribution in [0.5, 0.6) is 0 Å². The average molecular weight is 597 g/mol. The Kier molecular flexibility index (Phi) is 8.56. The van der Waals surface area contributed by atoms with E-state index in [1.807, 2.05) is 54.7 Å². The topological polar surface area (TPSA) is 61.9 Å². The Bertz CT molecular complexity index is 1780. The molecule has 2 aromatic heterocycles. The van der Waals surface area contributed by atoms with E-state index in [1.54, 1.807) is 17.0 Å². The van der Waals surface area contributed by atoms with Gasteiger partial charge in [0.25, 0.3) is 5.91 Å². The molecular weight excluding hydrogens is 562 g/mol. The Morgan fingerprint density at radius 1 is 0.818 bits per heavy atom. The monoisotopic (exact) mass is 596 g/mol. The second-order valence-corrected chi connectivity index (χ2v) is 11.2. The van der Waals surface area contributed by atoms with E-state index in [9.17, 15) is 18.4 Å². The molecule has 1 aliphatic heterocycles. The van der Waals surface area contributed by atoms with Crippen molar-refractivity contribution in [3.05, 3.63) is 125 Å². The third kappa shape index (κ3) is 6.43. The van der Waals surface area contributed by atoms with Crippen LogP contribution in [0.4, 0.5) is 14.5 Å². The first-order valence-corrected chi connectivity index (χ1v) is 14.8. The van der Waals surface area contributed by atoms with Gasteiger partial charge in [-0.15, -0.1) is 0 Å². The van der Waals surface area contributed by atoms with E-state index in [2.05, 4.69) is 21.6 Å². The summed E-state index contributed by atoms with van der Waals surface area (Å²) in [6.07, 6.45) is 2.60. The lowest BCUT2D eigenvalue weighted by Gasteiger charge is -2.27. The van der Waals surface area contributed by atoms with Gasteiger partial charge in [0.15, 0.2) is 17.4 Å². The zero-order valence-electron chi connectivity index (χ0n) is 24.6. The lowest BCUT2D eigenvalue weighted by molar-refractivity contribution is -0.116. The van der Waals surface area contributed by atoms with Crippen LogP contribution in [0.1, 0.15) is 40.8 Å². The smallest absolute Gasteiger partial charge is 0.289 e. The summed E-state index contributed by atoms with van der Waals surface area (Å²) >= 11 is 0. The number of aromatic nitrogens is 1. The molecule has 1 aliphatic rings. The molecule has 0 spiro atoms. The second kappa shape index (κ2) is 12.9. The Morgan fingerprint density at radius 3 is 2.41 bits per heavy atom. The quantitative estimate of drug-likeness (QED) is 0.234. The van der Waals surface area contributed by atoms with Gasteiger partial charge in [-0.3, -0.25) is 14.5 Å². The summed E-state index contributed by atoms with van der Waals surface area (Å²) < 4.78 is 37.2. The van der Waals surface area contributed by atoms with Gasteiger partial charge in [0.1, 0.15) is 5.76 Å². The zero-order valence-corrected chi connectivity index (χ0v) is 24.6. The second-order valence-electron chi connectivity index (χ2n) is 11.2. The summed E-state index contributed by atoms with van der Waals surface area (Å²) in [6.45, 7) is 4.35. The number of anilines is 1. The van der Waals surface area contributed by atoms with Crippen molar-refractivity contribution in [3.8, 4) is 0 Å². The van der Waals surface area contributed by atoms with Crippen LogP contribution in [0.3, 0.4) is 0 Å². The molecule has 44 heavy (non-hydrogen) atoms. The van der Waals surface area contributed by atoms with Crippen LogP contribution in [0.25, 0.3) is 10.9 Å². The maximum atomic E-state index is 14.6. The molecule has 226 valence electrons. The first-order valence-electron chi connectivity index (χ1n) is 14.8. The number of carbonyl (C=O) groups is 2. The molecule has 3 aromatic carbocycles. The maximum Gasteiger partial charge on any atom is 0.289 e. The number of fused-ring (bicyclic) bond motifs is 2. The summed E-state index contributed by atoms with van der Waals surface area (Å²) in [5, 5.41) is 1.11. The predicted octanol–water partition coefficient (Wildman–Crippen LogP) is 6.46. The molecule has 5 aromatic rings. The van der Waals surface area contributed by atoms with Crippen molar-refractivity contribution in [2.75, 3.05) is 31.1 Å². The molecule has 0 aliphatic carbocycles. The van der Waals surface area contributed by atoms with Crippen molar-refractivity contribution in [2.24, 2.45) is 0 Å². The van der Waals surface area contributed by atoms with Crippen LogP contribution in [0, 0.1) is 11.6 Å². The number of amides is 2. The average Bonchev–Trinajstić information content (AvgIpc) is 3.65. The molecule has 2 amide bonds. The molecule has 9 heteroatoms. The van der Waals surface area contributed by atoms with Crippen molar-refractivity contribution in [2.45, 2.75) is 33.0 Å². The number of furan rings is 1. The van der Waals surface area contributed by atoms with E-state index >= 15 is 0 Å². The molecule has 0 saturated carbocycles. The van der Waals surface area contributed by atoms with Crippen LogP contribution in [0.2, 0.25) is 0 Å². The minimum atomic E-state index is -1.04. The maximum absolute atomic E-state index is 14.6. The van der Waals surface area contributed by atoms with Crippen LogP contribution >= 0.6 is 0 Å². The van der Waals surface area contributed by atoms with E-state index in [-0.39, 0.29) is 29.8 Å². The fraction of sp³-hybridized carbons (Fsp3) is 0.257. The minimum absolute atomic E-state index is 0.0212. The van der Waals surface area contributed by atoms with Crippen LogP contribution in [0.15, 0.2) is 95.5 Å². The van der Waals surface area contributed by atoms with Crippen molar-refractivity contribution in [3.63, 3.8) is 0 Å². The van der Waals surface area contributed by atoms with Gasteiger partial charge in [0.05, 0.1) is 12.2 Å². The SMILES string of the molecule is CC(=O)N1CCCN(Cc2ccccc2)CCN(C(=O)c2ccc(Cn3ccc4ccccc43)o2)Cc2cc(F)c(F)cc21. The summed E-state index contributed by atoms with van der Waals surface area (Å²) in [5.41, 5.74) is 2.81. The lowest BCUT2D eigenvalue weighted by Crippen LogP contribution is -2.38. The molecule has 7 nitrogen and oxygen atoms in total. The molecule has 0 saturated heterocycles. The molecule has 0 unspecified atom stereocenters. The first-order chi connectivity index (χ1) is 21.4. The van der Waals surface area contributed by atoms with Gasteiger partial charge in [0, 0.05) is 64.0 Å². The highest BCUT2D eigenvalue weighted by molar-refractivity contribution is 5.93. The van der Waals surface area contributed by atoms with E-state index in [4.69, 9.17) is 4.42 Å². The molecule has 0 radical (unpaired) electrons. The van der Waals surface area contributed by atoms with E-state index in [0.717, 1.165) is 28.6 Å². The van der Waals surface area contributed by atoms with Crippen molar-refractivity contribution in [1.82, 2.24) is 14.4 Å². The molecule has 0 atom stereocenters. The Hall–Kier alpha value is -4.76. The van der Waals surface area contributed by atoms with Crippen LogP contribution in [-0.4, -0.2) is 52.4 Å². The summed E-state index contributed by atoms with van der Waals surface area (Å²) in [6, 6.07) is 25.7. The molecule has 0 fully saturated rings. The van der Waals surface area contributed by atoms with Crippen molar-refractivity contribution in [1.29, 1.82) is 0 Å². The molecule has 3 heterocycles. The fourth-order valence-electron chi connectivity index (χ4n) is 5.87. The highest BCUT2D eigenvalue weighted by atomic mass is 19.2. The number of hydrogen-bond donors (Lipinski definition) is 0. The lowest BCUT2D eigenvalue weighted by atomic mass is 10.1. The molecule has 0 N–H and O–H groups in total. The van der Waals surface area contributed by atoms with Gasteiger partial charge in [-0.05, 0) is 53.3 Å². The highest BCUT2D eigenvalue weighted by Crippen LogP contribution is 2.28. The number of halogens is 2. The van der Waals surface area contributed by atoms with Crippen LogP contribution in [-0.2, 0) is 24.4 Å². The number of rotatable bonds is 5. The van der Waals surface area contributed by atoms with Crippen molar-refractivity contribution >= 4 is 28.4 Å². The zero-order chi connectivity index (χ0) is 30.6. The van der Waals surface area contributed by atoms with Crippen LogP contribution < -0.4 is 4.90 Å². The number of benzene rings is 3. The summed E-state index contributed by atoms with van der Waals surface area (Å²) in [5.74, 6) is -1.93. The van der Waals surface area contributed by atoms with E-state index in [0.29, 0.717) is 57.0 Å². The van der Waals surface area contributed by atoms with Gasteiger partial charge >= 0.3 is 0 Å². The van der Waals surface area contributed by atoms with Gasteiger partial charge in [0.2, 0.25) is 5.91 Å². The van der Waals surface area contributed by atoms with E-state index < -0.39 is 11.6 Å². The minimum Gasteiger partial charge on any atom is -0.454 e. The van der Waals surface area contributed by atoms with Gasteiger partial charge in [-0.1, -0.05) is 48.5 Å². The normalized spacial score (nSPS) is 14.8. The van der Waals surface area contributed by atoms with E-state index in [1.165, 1.54) is 11.8 Å². The van der Waals surface area contributed by atoms with Gasteiger partial charge < -0.3 is 18.8 Å². The third-order valence-corrected chi connectivity index (χ3v) is 8.11. The fourth-order valence-corrected chi connectivity index (χ4v) is 5.87.